The van der Waals surface area contributed by atoms with Gasteiger partial charge in [0.1, 0.15) is 23.7 Å². The summed E-state index contributed by atoms with van der Waals surface area (Å²) in [4.78, 5) is 26.6. The van der Waals surface area contributed by atoms with E-state index in [4.69, 9.17) is 0 Å². The summed E-state index contributed by atoms with van der Waals surface area (Å²) in [5.74, 6) is -1.30. The minimum absolute atomic E-state index is 0.0452. The van der Waals surface area contributed by atoms with Crippen LogP contribution >= 0.6 is 0 Å². The maximum atomic E-state index is 13.7. The Morgan fingerprint density at radius 3 is 2.80 bits per heavy atom. The first kappa shape index (κ1) is 17.8. The Morgan fingerprint density at radius 1 is 1.36 bits per heavy atom. The Balaban J connectivity index is 1.64. The second-order valence-corrected chi connectivity index (χ2v) is 6.93. The number of piperazine rings is 1. The van der Waals surface area contributed by atoms with Gasteiger partial charge in [-0.25, -0.2) is 8.78 Å². The van der Waals surface area contributed by atoms with Gasteiger partial charge in [0, 0.05) is 30.8 Å². The molecule has 2 N–H and O–H groups in total. The SMILES string of the molecule is CC[C@H](C)[C@@H]1NC(=O)[C@@H]2C[C@H](NCc3ccc(F)cc3F)CN2C1=O. The molecule has 0 saturated carbocycles. The standard InChI is InChI=1S/C18H23F2N3O2/c1-3-10(2)16-18(25)23-9-13(7-15(23)17(24)22-16)21-8-11-4-5-12(19)6-14(11)20/h4-6,10,13,15-16,21H,3,7-9H2,1-2H3,(H,22,24)/t10-,13-,15-,16-/m0/s1. The van der Waals surface area contributed by atoms with Gasteiger partial charge in [0.05, 0.1) is 0 Å². The number of carbonyl (C=O) groups is 2. The van der Waals surface area contributed by atoms with Crippen molar-refractivity contribution in [2.24, 2.45) is 5.92 Å². The number of halogens is 2. The summed E-state index contributed by atoms with van der Waals surface area (Å²) >= 11 is 0. The summed E-state index contributed by atoms with van der Waals surface area (Å²) in [6.07, 6.45) is 1.30. The van der Waals surface area contributed by atoms with Crippen LogP contribution in [0.2, 0.25) is 0 Å². The van der Waals surface area contributed by atoms with Crippen LogP contribution in [0.15, 0.2) is 18.2 Å². The molecule has 25 heavy (non-hydrogen) atoms. The van der Waals surface area contributed by atoms with Crippen LogP contribution in [0.5, 0.6) is 0 Å². The quantitative estimate of drug-likeness (QED) is 0.847. The number of rotatable bonds is 5. The lowest BCUT2D eigenvalue weighted by molar-refractivity contribution is -0.148. The molecule has 2 aliphatic rings. The van der Waals surface area contributed by atoms with Gasteiger partial charge in [0.2, 0.25) is 11.8 Å². The van der Waals surface area contributed by atoms with Gasteiger partial charge in [0.15, 0.2) is 0 Å². The molecular weight excluding hydrogens is 328 g/mol. The molecule has 1 aromatic rings. The van der Waals surface area contributed by atoms with Crippen molar-refractivity contribution in [3.8, 4) is 0 Å². The first-order valence-corrected chi connectivity index (χ1v) is 8.68. The molecule has 2 saturated heterocycles. The molecule has 0 aliphatic carbocycles. The van der Waals surface area contributed by atoms with Crippen molar-refractivity contribution in [1.29, 1.82) is 0 Å². The zero-order valence-corrected chi connectivity index (χ0v) is 14.4. The number of benzene rings is 1. The third kappa shape index (κ3) is 3.51. The third-order valence-corrected chi connectivity index (χ3v) is 5.26. The van der Waals surface area contributed by atoms with Gasteiger partial charge in [-0.05, 0) is 18.4 Å². The van der Waals surface area contributed by atoms with E-state index in [-0.39, 0.29) is 30.3 Å². The Hall–Kier alpha value is -2.02. The number of nitrogens with zero attached hydrogens (tertiary/aromatic N) is 1. The van der Waals surface area contributed by atoms with Crippen LogP contribution in [0.1, 0.15) is 32.3 Å². The summed E-state index contributed by atoms with van der Waals surface area (Å²) < 4.78 is 26.7. The molecule has 7 heteroatoms. The van der Waals surface area contributed by atoms with Gasteiger partial charge in [-0.1, -0.05) is 26.3 Å². The van der Waals surface area contributed by atoms with Crippen LogP contribution in [0.4, 0.5) is 8.78 Å². The van der Waals surface area contributed by atoms with Crippen molar-refractivity contribution < 1.29 is 18.4 Å². The van der Waals surface area contributed by atoms with Crippen molar-refractivity contribution in [3.05, 3.63) is 35.4 Å². The topological polar surface area (TPSA) is 61.4 Å². The van der Waals surface area contributed by atoms with E-state index in [1.807, 2.05) is 13.8 Å². The van der Waals surface area contributed by atoms with E-state index in [1.165, 1.54) is 12.1 Å². The van der Waals surface area contributed by atoms with Gasteiger partial charge in [-0.2, -0.15) is 0 Å². The zero-order valence-electron chi connectivity index (χ0n) is 14.4. The van der Waals surface area contributed by atoms with Gasteiger partial charge in [-0.15, -0.1) is 0 Å². The summed E-state index contributed by atoms with van der Waals surface area (Å²) in [5.41, 5.74) is 0.361. The average Bonchev–Trinajstić information content (AvgIpc) is 3.02. The lowest BCUT2D eigenvalue weighted by atomic mass is 9.95. The smallest absolute Gasteiger partial charge is 0.246 e. The summed E-state index contributed by atoms with van der Waals surface area (Å²) in [7, 11) is 0. The molecule has 136 valence electrons. The van der Waals surface area contributed by atoms with E-state index >= 15 is 0 Å². The summed E-state index contributed by atoms with van der Waals surface area (Å²) in [6, 6.07) is 2.43. The molecule has 0 radical (unpaired) electrons. The zero-order chi connectivity index (χ0) is 18.1. The van der Waals surface area contributed by atoms with E-state index in [9.17, 15) is 18.4 Å². The van der Waals surface area contributed by atoms with Gasteiger partial charge >= 0.3 is 0 Å². The van der Waals surface area contributed by atoms with Crippen LogP contribution in [-0.2, 0) is 16.1 Å². The molecule has 1 aromatic carbocycles. The Kier molecular flexibility index (Phi) is 5.03. The largest absolute Gasteiger partial charge is 0.342 e. The van der Waals surface area contributed by atoms with E-state index < -0.39 is 23.7 Å². The minimum atomic E-state index is -0.613. The van der Waals surface area contributed by atoms with Gasteiger partial charge in [0.25, 0.3) is 0 Å². The van der Waals surface area contributed by atoms with Crippen molar-refractivity contribution in [2.45, 2.75) is 51.4 Å². The number of hydrogen-bond acceptors (Lipinski definition) is 3. The molecule has 3 rings (SSSR count). The van der Waals surface area contributed by atoms with E-state index in [0.717, 1.165) is 12.5 Å². The predicted octanol–water partition coefficient (Wildman–Crippen LogP) is 1.57. The molecule has 2 heterocycles. The molecule has 0 bridgehead atoms. The fraction of sp³-hybridized carbons (Fsp3) is 0.556. The van der Waals surface area contributed by atoms with Crippen molar-refractivity contribution >= 4 is 11.8 Å². The molecule has 5 nitrogen and oxygen atoms in total. The van der Waals surface area contributed by atoms with E-state index in [2.05, 4.69) is 10.6 Å². The molecule has 2 amide bonds. The molecule has 0 spiro atoms. The first-order valence-electron chi connectivity index (χ1n) is 8.68. The fourth-order valence-corrected chi connectivity index (χ4v) is 3.51. The number of nitrogens with one attached hydrogen (secondary N) is 2. The number of fused-ring (bicyclic) bond motifs is 1. The molecule has 2 fully saturated rings. The second kappa shape index (κ2) is 7.07. The molecule has 0 unspecified atom stereocenters. The van der Waals surface area contributed by atoms with Crippen LogP contribution in [0, 0.1) is 17.6 Å². The Labute approximate surface area is 145 Å². The van der Waals surface area contributed by atoms with Crippen LogP contribution in [0.3, 0.4) is 0 Å². The Bertz CT molecular complexity index is 682. The molecule has 4 atom stereocenters. The highest BCUT2D eigenvalue weighted by molar-refractivity contribution is 5.97. The minimum Gasteiger partial charge on any atom is -0.342 e. The average molecular weight is 351 g/mol. The maximum Gasteiger partial charge on any atom is 0.246 e. The van der Waals surface area contributed by atoms with Crippen LogP contribution in [-0.4, -0.2) is 41.4 Å². The monoisotopic (exact) mass is 351 g/mol. The van der Waals surface area contributed by atoms with Gasteiger partial charge in [-0.3, -0.25) is 9.59 Å². The fourth-order valence-electron chi connectivity index (χ4n) is 3.51. The highest BCUT2D eigenvalue weighted by atomic mass is 19.1. The Morgan fingerprint density at radius 2 is 2.12 bits per heavy atom. The number of amides is 2. The highest BCUT2D eigenvalue weighted by Gasteiger charge is 2.47. The lowest BCUT2D eigenvalue weighted by Gasteiger charge is -2.36. The van der Waals surface area contributed by atoms with E-state index in [1.54, 1.807) is 4.90 Å². The molecule has 2 aliphatic heterocycles. The molecular formula is C18H23F2N3O2. The first-order chi connectivity index (χ1) is 11.9. The van der Waals surface area contributed by atoms with Crippen LogP contribution < -0.4 is 10.6 Å². The summed E-state index contributed by atoms with van der Waals surface area (Å²) in [6.45, 7) is 4.59. The lowest BCUT2D eigenvalue weighted by Crippen LogP contribution is -2.62. The molecule has 0 aromatic heterocycles. The van der Waals surface area contributed by atoms with Gasteiger partial charge < -0.3 is 15.5 Å². The number of carbonyl (C=O) groups excluding carboxylic acids is 2. The third-order valence-electron chi connectivity index (χ3n) is 5.26. The highest BCUT2D eigenvalue weighted by Crippen LogP contribution is 2.26. The van der Waals surface area contributed by atoms with Crippen molar-refractivity contribution in [3.63, 3.8) is 0 Å². The maximum absolute atomic E-state index is 13.7. The predicted molar refractivity (Wildman–Crippen MR) is 88.5 cm³/mol. The normalized spacial score (nSPS) is 27.2. The van der Waals surface area contributed by atoms with Crippen molar-refractivity contribution in [2.75, 3.05) is 6.54 Å². The number of hydrogen-bond donors (Lipinski definition) is 2. The second-order valence-electron chi connectivity index (χ2n) is 6.93. The van der Waals surface area contributed by atoms with E-state index in [0.29, 0.717) is 18.5 Å². The summed E-state index contributed by atoms with van der Waals surface area (Å²) in [5, 5.41) is 6.02. The van der Waals surface area contributed by atoms with Crippen molar-refractivity contribution in [1.82, 2.24) is 15.5 Å². The van der Waals surface area contributed by atoms with Crippen LogP contribution in [0.25, 0.3) is 0 Å².